The van der Waals surface area contributed by atoms with Crippen molar-refractivity contribution in [1.82, 2.24) is 15.6 Å². The van der Waals surface area contributed by atoms with E-state index in [1.807, 2.05) is 25.1 Å². The molecule has 2 heterocycles. The number of carbonyl (C=O) groups is 1. The number of amides is 1. The van der Waals surface area contributed by atoms with Gasteiger partial charge in [0.25, 0.3) is 0 Å². The van der Waals surface area contributed by atoms with Gasteiger partial charge in [-0.15, -0.1) is 0 Å². The molecule has 1 fully saturated rings. The highest BCUT2D eigenvalue weighted by Gasteiger charge is 2.38. The van der Waals surface area contributed by atoms with Gasteiger partial charge in [-0.1, -0.05) is 24.3 Å². The van der Waals surface area contributed by atoms with Gasteiger partial charge >= 0.3 is 6.18 Å². The second-order valence-corrected chi connectivity index (χ2v) is 8.56. The fraction of sp³-hybridized carbons (Fsp3) is 0.478. The molecule has 8 heteroatoms. The summed E-state index contributed by atoms with van der Waals surface area (Å²) < 4.78 is 44.9. The average molecular weight is 435 g/mol. The fourth-order valence-electron chi connectivity index (χ4n) is 3.76. The molecule has 1 aromatic heterocycles. The third kappa shape index (κ3) is 5.55. The van der Waals surface area contributed by atoms with Crippen LogP contribution in [0.2, 0.25) is 0 Å². The molecule has 1 aromatic carbocycles. The van der Waals surface area contributed by atoms with E-state index in [1.165, 1.54) is 17.8 Å². The van der Waals surface area contributed by atoms with Crippen molar-refractivity contribution in [1.29, 1.82) is 0 Å². The Kier molecular flexibility index (Phi) is 6.89. The lowest BCUT2D eigenvalue weighted by Crippen LogP contribution is -2.52. The van der Waals surface area contributed by atoms with E-state index in [1.54, 1.807) is 13.8 Å². The lowest BCUT2D eigenvalue weighted by atomic mass is 9.83. The largest absolute Gasteiger partial charge is 0.476 e. The van der Waals surface area contributed by atoms with Gasteiger partial charge in [0.1, 0.15) is 12.2 Å². The molecule has 1 saturated heterocycles. The van der Waals surface area contributed by atoms with Gasteiger partial charge in [-0.2, -0.15) is 13.2 Å². The number of aromatic nitrogens is 1. The number of carbonyl (C=O) groups excluding carboxylic acids is 1. The van der Waals surface area contributed by atoms with Gasteiger partial charge in [-0.25, -0.2) is 4.98 Å². The van der Waals surface area contributed by atoms with Crippen molar-refractivity contribution in [3.05, 3.63) is 59.3 Å². The van der Waals surface area contributed by atoms with Crippen LogP contribution in [0.1, 0.15) is 42.9 Å². The Morgan fingerprint density at radius 1 is 1.23 bits per heavy atom. The minimum Gasteiger partial charge on any atom is -0.476 e. The number of piperidine rings is 1. The van der Waals surface area contributed by atoms with Gasteiger partial charge < -0.3 is 15.4 Å². The van der Waals surface area contributed by atoms with Gasteiger partial charge in [0.2, 0.25) is 11.8 Å². The van der Waals surface area contributed by atoms with E-state index in [0.29, 0.717) is 0 Å². The summed E-state index contributed by atoms with van der Waals surface area (Å²) in [4.78, 5) is 16.7. The van der Waals surface area contributed by atoms with Crippen molar-refractivity contribution in [3.8, 4) is 5.88 Å². The Morgan fingerprint density at radius 3 is 2.68 bits per heavy atom. The first-order valence-corrected chi connectivity index (χ1v) is 10.3. The van der Waals surface area contributed by atoms with E-state index in [9.17, 15) is 18.0 Å². The maximum atomic E-state index is 13.2. The van der Waals surface area contributed by atoms with E-state index in [0.717, 1.165) is 31.1 Å². The first-order valence-electron chi connectivity index (χ1n) is 10.3. The van der Waals surface area contributed by atoms with Crippen LogP contribution in [-0.2, 0) is 11.0 Å². The topological polar surface area (TPSA) is 63.2 Å². The Balaban J connectivity index is 1.69. The van der Waals surface area contributed by atoms with E-state index < -0.39 is 23.0 Å². The Hall–Kier alpha value is -2.61. The molecule has 0 saturated carbocycles. The first-order chi connectivity index (χ1) is 14.6. The maximum Gasteiger partial charge on any atom is 0.421 e. The number of pyridine rings is 1. The summed E-state index contributed by atoms with van der Waals surface area (Å²) in [6, 6.07) is 10.1. The molecule has 3 rings (SSSR count). The number of aryl methyl sites for hydroxylation is 1. The van der Waals surface area contributed by atoms with Crippen LogP contribution in [0.5, 0.6) is 5.88 Å². The van der Waals surface area contributed by atoms with Crippen LogP contribution >= 0.6 is 0 Å². The third-order valence-electron chi connectivity index (χ3n) is 5.65. The summed E-state index contributed by atoms with van der Waals surface area (Å²) in [6.45, 7) is 6.66. The molecule has 0 aliphatic carbocycles. The summed E-state index contributed by atoms with van der Waals surface area (Å²) >= 11 is 0. The molecule has 5 nitrogen and oxygen atoms in total. The minimum absolute atomic E-state index is 0.0743. The van der Waals surface area contributed by atoms with Crippen LogP contribution in [0.3, 0.4) is 0 Å². The van der Waals surface area contributed by atoms with Crippen molar-refractivity contribution in [2.75, 3.05) is 19.7 Å². The predicted molar refractivity (Wildman–Crippen MR) is 112 cm³/mol. The normalized spacial score (nSPS) is 19.7. The van der Waals surface area contributed by atoms with Crippen LogP contribution in [0, 0.1) is 12.3 Å². The van der Waals surface area contributed by atoms with Crippen molar-refractivity contribution >= 4 is 5.91 Å². The molecule has 1 aliphatic heterocycles. The molecule has 0 radical (unpaired) electrons. The van der Waals surface area contributed by atoms with Crippen LogP contribution in [0.15, 0.2) is 42.6 Å². The Bertz CT molecular complexity index is 915. The van der Waals surface area contributed by atoms with Crippen molar-refractivity contribution in [3.63, 3.8) is 0 Å². The molecule has 168 valence electrons. The molecular weight excluding hydrogens is 407 g/mol. The quantitative estimate of drug-likeness (QED) is 0.718. The summed E-state index contributed by atoms with van der Waals surface area (Å²) in [6.07, 6.45) is -2.58. The monoisotopic (exact) mass is 435 g/mol. The van der Waals surface area contributed by atoms with Crippen LogP contribution in [0.25, 0.3) is 0 Å². The van der Waals surface area contributed by atoms with Crippen LogP contribution in [0.4, 0.5) is 13.2 Å². The summed E-state index contributed by atoms with van der Waals surface area (Å²) in [5, 5.41) is 6.49. The zero-order valence-electron chi connectivity index (χ0n) is 17.9. The third-order valence-corrected chi connectivity index (χ3v) is 5.65. The maximum absolute atomic E-state index is 13.2. The van der Waals surface area contributed by atoms with Gasteiger partial charge in [0.05, 0.1) is 5.41 Å². The number of nitrogens with zero attached hydrogens (tertiary/aromatic N) is 1. The molecule has 2 N–H and O–H groups in total. The number of hydrogen-bond donors (Lipinski definition) is 2. The molecule has 1 aliphatic rings. The summed E-state index contributed by atoms with van der Waals surface area (Å²) in [7, 11) is 0. The molecule has 0 bridgehead atoms. The average Bonchev–Trinajstić information content (AvgIpc) is 2.73. The molecule has 31 heavy (non-hydrogen) atoms. The van der Waals surface area contributed by atoms with E-state index in [4.69, 9.17) is 4.74 Å². The number of hydrogen-bond acceptors (Lipinski definition) is 4. The Labute approximate surface area is 180 Å². The predicted octanol–water partition coefficient (Wildman–Crippen LogP) is 4.08. The van der Waals surface area contributed by atoms with Crippen LogP contribution in [-0.4, -0.2) is 36.6 Å². The number of ether oxygens (including phenoxy) is 1. The van der Waals surface area contributed by atoms with E-state index in [2.05, 4.69) is 21.7 Å². The number of nitrogens with one attached hydrogen (secondary N) is 2. The van der Waals surface area contributed by atoms with Crippen molar-refractivity contribution in [2.24, 2.45) is 5.41 Å². The highest BCUT2D eigenvalue weighted by Crippen LogP contribution is 2.35. The standard InChI is InChI=1S/C23H28F3N3O2/c1-15-7-4-5-8-16(15)17-13-27-12-10-19(17)29-21(30)22(2,3)14-31-20-18(23(24,25)26)9-6-11-28-20/h4-9,11,17,19,27H,10,12-14H2,1-3H3,(H,29,30)/t17-,19+/m0/s1. The minimum atomic E-state index is -4.58. The van der Waals surface area contributed by atoms with Gasteiger partial charge in [-0.05, 0) is 57.0 Å². The summed E-state index contributed by atoms with van der Waals surface area (Å²) in [5.74, 6) is -0.666. The molecule has 0 spiro atoms. The summed E-state index contributed by atoms with van der Waals surface area (Å²) in [5.41, 5.74) is 0.344. The number of rotatable bonds is 6. The Morgan fingerprint density at radius 2 is 1.97 bits per heavy atom. The van der Waals surface area contributed by atoms with Crippen molar-refractivity contribution < 1.29 is 22.7 Å². The molecule has 2 atom stereocenters. The first kappa shape index (κ1) is 23.1. The smallest absolute Gasteiger partial charge is 0.421 e. The molecule has 2 aromatic rings. The molecule has 1 amide bonds. The highest BCUT2D eigenvalue weighted by molar-refractivity contribution is 5.82. The van der Waals surface area contributed by atoms with Gasteiger partial charge in [-0.3, -0.25) is 4.79 Å². The number of halogens is 3. The van der Waals surface area contributed by atoms with E-state index in [-0.39, 0.29) is 24.5 Å². The fourth-order valence-corrected chi connectivity index (χ4v) is 3.76. The van der Waals surface area contributed by atoms with E-state index >= 15 is 0 Å². The zero-order valence-corrected chi connectivity index (χ0v) is 17.9. The number of alkyl halides is 3. The molecule has 0 unspecified atom stereocenters. The number of benzene rings is 1. The van der Waals surface area contributed by atoms with Crippen molar-refractivity contribution in [2.45, 2.75) is 45.3 Å². The van der Waals surface area contributed by atoms with Gasteiger partial charge in [0, 0.05) is 24.7 Å². The highest BCUT2D eigenvalue weighted by atomic mass is 19.4. The molecular formula is C23H28F3N3O2. The zero-order chi connectivity index (χ0) is 22.6. The second kappa shape index (κ2) is 9.26. The lowest BCUT2D eigenvalue weighted by molar-refractivity contribution is -0.139. The SMILES string of the molecule is Cc1ccccc1[C@@H]1CNCC[C@H]1NC(=O)C(C)(C)COc1ncccc1C(F)(F)F. The van der Waals surface area contributed by atoms with Gasteiger partial charge in [0.15, 0.2) is 0 Å². The second-order valence-electron chi connectivity index (χ2n) is 8.56. The van der Waals surface area contributed by atoms with Crippen LogP contribution < -0.4 is 15.4 Å². The lowest BCUT2D eigenvalue weighted by Gasteiger charge is -2.36.